The summed E-state index contributed by atoms with van der Waals surface area (Å²) in [7, 11) is -0.208. The van der Waals surface area contributed by atoms with Crippen molar-refractivity contribution in [1.29, 1.82) is 0 Å². The van der Waals surface area contributed by atoms with Gasteiger partial charge < -0.3 is 9.88 Å². The Bertz CT molecular complexity index is 596. The lowest BCUT2D eigenvalue weighted by Gasteiger charge is -2.34. The lowest BCUT2D eigenvalue weighted by Crippen LogP contribution is -2.47. The van der Waals surface area contributed by atoms with Crippen molar-refractivity contribution in [3.8, 4) is 0 Å². The van der Waals surface area contributed by atoms with Crippen LogP contribution in [0.5, 0.6) is 0 Å². The zero-order valence-electron chi connectivity index (χ0n) is 11.2. The number of likely N-dealkylation sites (N-methyl/N-ethyl adjacent to an activating group) is 2. The maximum atomic E-state index is 12.4. The van der Waals surface area contributed by atoms with E-state index in [0.29, 0.717) is 6.54 Å². The highest BCUT2D eigenvalue weighted by Gasteiger charge is 2.31. The molecule has 7 heteroatoms. The first-order valence-electron chi connectivity index (χ1n) is 6.26. The van der Waals surface area contributed by atoms with Gasteiger partial charge in [-0.2, -0.15) is 4.31 Å². The highest BCUT2D eigenvalue weighted by atomic mass is 32.2. The third-order valence-electron chi connectivity index (χ3n) is 3.56. The van der Waals surface area contributed by atoms with Crippen LogP contribution in [0.3, 0.4) is 0 Å². The fraction of sp³-hybridized carbons (Fsp3) is 0.583. The molecule has 2 heterocycles. The van der Waals surface area contributed by atoms with Crippen LogP contribution in [-0.4, -0.2) is 55.8 Å². The van der Waals surface area contributed by atoms with Gasteiger partial charge in [0.15, 0.2) is 0 Å². The van der Waals surface area contributed by atoms with Crippen molar-refractivity contribution in [2.24, 2.45) is 0 Å². The van der Waals surface area contributed by atoms with Crippen molar-refractivity contribution in [2.75, 3.05) is 27.2 Å². The Kier molecular flexibility index (Phi) is 4.07. The molecule has 106 valence electrons. The zero-order valence-corrected chi connectivity index (χ0v) is 12.0. The van der Waals surface area contributed by atoms with Crippen LogP contribution >= 0.6 is 0 Å². The van der Waals surface area contributed by atoms with Gasteiger partial charge in [0.1, 0.15) is 4.90 Å². The monoisotopic (exact) mass is 285 g/mol. The number of sulfonamides is 1. The van der Waals surface area contributed by atoms with Gasteiger partial charge in [-0.3, -0.25) is 4.79 Å². The Morgan fingerprint density at radius 1 is 1.47 bits per heavy atom. The molecule has 0 amide bonds. The molecule has 0 aliphatic carbocycles. The van der Waals surface area contributed by atoms with Crippen LogP contribution in [0.1, 0.15) is 12.8 Å². The van der Waals surface area contributed by atoms with Gasteiger partial charge in [-0.05, 0) is 26.4 Å². The van der Waals surface area contributed by atoms with E-state index in [9.17, 15) is 13.2 Å². The Balaban J connectivity index is 2.29. The summed E-state index contributed by atoms with van der Waals surface area (Å²) in [6, 6.07) is 1.15. The molecule has 6 nitrogen and oxygen atoms in total. The average Bonchev–Trinajstić information content (AvgIpc) is 2.38. The molecule has 1 fully saturated rings. The topological polar surface area (TPSA) is 73.5 Å². The Morgan fingerprint density at radius 2 is 2.21 bits per heavy atom. The first kappa shape index (κ1) is 14.2. The number of nitrogens with zero attached hydrogens (tertiary/aromatic N) is 2. The zero-order chi connectivity index (χ0) is 14.0. The smallest absolute Gasteiger partial charge is 0.248 e. The number of aromatic amines is 1. The van der Waals surface area contributed by atoms with Crippen LogP contribution in [0.2, 0.25) is 0 Å². The second kappa shape index (κ2) is 5.44. The van der Waals surface area contributed by atoms with Crippen LogP contribution in [0, 0.1) is 0 Å². The third-order valence-corrected chi connectivity index (χ3v) is 5.49. The van der Waals surface area contributed by atoms with Gasteiger partial charge >= 0.3 is 0 Å². The first-order chi connectivity index (χ1) is 8.93. The number of piperidine rings is 1. The maximum absolute atomic E-state index is 12.4. The normalized spacial score (nSPS) is 21.7. The van der Waals surface area contributed by atoms with E-state index >= 15 is 0 Å². The van der Waals surface area contributed by atoms with E-state index in [1.165, 1.54) is 22.8 Å². The van der Waals surface area contributed by atoms with Gasteiger partial charge in [-0.15, -0.1) is 0 Å². The van der Waals surface area contributed by atoms with Crippen molar-refractivity contribution in [3.63, 3.8) is 0 Å². The van der Waals surface area contributed by atoms with Gasteiger partial charge in [0.25, 0.3) is 0 Å². The first-order valence-corrected chi connectivity index (χ1v) is 7.70. The predicted octanol–water partition coefficient (Wildman–Crippen LogP) is 0.0896. The quantitative estimate of drug-likeness (QED) is 0.854. The molecule has 0 saturated carbocycles. The molecule has 0 aromatic carbocycles. The summed E-state index contributed by atoms with van der Waals surface area (Å²) in [5, 5.41) is 0. The van der Waals surface area contributed by atoms with Crippen LogP contribution in [0.25, 0.3) is 0 Å². The van der Waals surface area contributed by atoms with Gasteiger partial charge in [0.2, 0.25) is 15.5 Å². The molecule has 1 aliphatic heterocycles. The molecule has 0 radical (unpaired) electrons. The molecule has 1 atom stereocenters. The third kappa shape index (κ3) is 2.88. The number of hydrogen-bond acceptors (Lipinski definition) is 4. The number of hydrogen-bond donors (Lipinski definition) is 1. The van der Waals surface area contributed by atoms with E-state index in [1.54, 1.807) is 7.05 Å². The van der Waals surface area contributed by atoms with Gasteiger partial charge in [-0.1, -0.05) is 0 Å². The standard InChI is InChI=1S/C12H19N3O3S/c1-14-7-3-4-10(9-14)15(2)19(17,18)12-8-13-6-5-11(12)16/h5-6,8,10H,3-4,7,9H2,1-2H3,(H,13,16). The minimum absolute atomic E-state index is 0.0802. The largest absolute Gasteiger partial charge is 0.366 e. The molecule has 0 bridgehead atoms. The van der Waals surface area contributed by atoms with Crippen LogP contribution < -0.4 is 5.43 Å². The van der Waals surface area contributed by atoms with E-state index in [0.717, 1.165) is 19.4 Å². The molecular weight excluding hydrogens is 266 g/mol. The number of pyridine rings is 1. The van der Waals surface area contributed by atoms with Crippen LogP contribution in [0.15, 0.2) is 28.2 Å². The Hall–Kier alpha value is -1.18. The molecule has 1 aliphatic rings. The number of nitrogens with one attached hydrogen (secondary N) is 1. The second-order valence-electron chi connectivity index (χ2n) is 4.95. The predicted molar refractivity (Wildman–Crippen MR) is 72.5 cm³/mol. The molecule has 1 saturated heterocycles. The molecule has 1 aromatic heterocycles. The number of rotatable bonds is 3. The fourth-order valence-corrected chi connectivity index (χ4v) is 3.80. The number of H-pyrrole nitrogens is 1. The van der Waals surface area contributed by atoms with E-state index in [1.807, 2.05) is 7.05 Å². The summed E-state index contributed by atoms with van der Waals surface area (Å²) in [4.78, 5) is 16.3. The van der Waals surface area contributed by atoms with E-state index in [2.05, 4.69) is 9.88 Å². The summed E-state index contributed by atoms with van der Waals surface area (Å²) in [5.41, 5.74) is -0.477. The molecule has 0 spiro atoms. The summed E-state index contributed by atoms with van der Waals surface area (Å²) in [6.07, 6.45) is 4.47. The molecular formula is C12H19N3O3S. The maximum Gasteiger partial charge on any atom is 0.248 e. The SMILES string of the molecule is CN1CCCC(N(C)S(=O)(=O)c2c[nH]ccc2=O)C1. The lowest BCUT2D eigenvalue weighted by atomic mass is 10.1. The molecule has 2 rings (SSSR count). The fourth-order valence-electron chi connectivity index (χ4n) is 2.39. The Morgan fingerprint density at radius 3 is 2.84 bits per heavy atom. The molecule has 1 N–H and O–H groups in total. The van der Waals surface area contributed by atoms with Crippen LogP contribution in [-0.2, 0) is 10.0 Å². The summed E-state index contributed by atoms with van der Waals surface area (Å²) in [5.74, 6) is 0. The van der Waals surface area contributed by atoms with Crippen LogP contribution in [0.4, 0.5) is 0 Å². The Labute approximate surface area is 113 Å². The van der Waals surface area contributed by atoms with E-state index < -0.39 is 15.5 Å². The van der Waals surface area contributed by atoms with E-state index in [-0.39, 0.29) is 10.9 Å². The summed E-state index contributed by atoms with van der Waals surface area (Å²) in [6.45, 7) is 1.68. The summed E-state index contributed by atoms with van der Waals surface area (Å²) < 4.78 is 26.2. The van der Waals surface area contributed by atoms with Crippen molar-refractivity contribution in [3.05, 3.63) is 28.7 Å². The highest BCUT2D eigenvalue weighted by molar-refractivity contribution is 7.89. The average molecular weight is 285 g/mol. The van der Waals surface area contributed by atoms with E-state index in [4.69, 9.17) is 0 Å². The van der Waals surface area contributed by atoms with Crippen molar-refractivity contribution in [2.45, 2.75) is 23.8 Å². The van der Waals surface area contributed by atoms with Crippen molar-refractivity contribution >= 4 is 10.0 Å². The summed E-state index contributed by atoms with van der Waals surface area (Å²) >= 11 is 0. The van der Waals surface area contributed by atoms with Gasteiger partial charge in [0.05, 0.1) is 0 Å². The highest BCUT2D eigenvalue weighted by Crippen LogP contribution is 2.19. The number of likely N-dealkylation sites (tertiary alicyclic amines) is 1. The minimum atomic E-state index is -3.73. The van der Waals surface area contributed by atoms with Crippen molar-refractivity contribution in [1.82, 2.24) is 14.2 Å². The molecule has 19 heavy (non-hydrogen) atoms. The second-order valence-corrected chi connectivity index (χ2v) is 6.92. The lowest BCUT2D eigenvalue weighted by molar-refractivity contribution is 0.187. The van der Waals surface area contributed by atoms with Gasteiger partial charge in [-0.25, -0.2) is 8.42 Å². The minimum Gasteiger partial charge on any atom is -0.366 e. The van der Waals surface area contributed by atoms with Gasteiger partial charge in [0, 0.05) is 38.1 Å². The number of aromatic nitrogens is 1. The molecule has 1 aromatic rings. The molecule has 1 unspecified atom stereocenters. The van der Waals surface area contributed by atoms with Crippen molar-refractivity contribution < 1.29 is 8.42 Å².